The number of halogens is 1. The lowest BCUT2D eigenvalue weighted by Gasteiger charge is -2.02. The van der Waals surface area contributed by atoms with Crippen LogP contribution < -0.4 is 5.56 Å². The van der Waals surface area contributed by atoms with Gasteiger partial charge in [0.1, 0.15) is 5.82 Å². The van der Waals surface area contributed by atoms with E-state index in [2.05, 4.69) is 10.2 Å². The Bertz CT molecular complexity index is 548. The second kappa shape index (κ2) is 3.65. The van der Waals surface area contributed by atoms with E-state index < -0.39 is 0 Å². The predicted molar refractivity (Wildman–Crippen MR) is 55.0 cm³/mol. The first kappa shape index (κ1) is 9.58. The summed E-state index contributed by atoms with van der Waals surface area (Å²) in [4.78, 5) is 11.0. The third kappa shape index (κ3) is 1.93. The monoisotopic (exact) mass is 204 g/mol. The van der Waals surface area contributed by atoms with Crippen LogP contribution in [0.1, 0.15) is 5.56 Å². The molecule has 76 valence electrons. The fourth-order valence-electron chi connectivity index (χ4n) is 1.36. The fourth-order valence-corrected chi connectivity index (χ4v) is 1.36. The molecule has 0 saturated heterocycles. The van der Waals surface area contributed by atoms with Crippen LogP contribution >= 0.6 is 0 Å². The van der Waals surface area contributed by atoms with Gasteiger partial charge in [-0.2, -0.15) is 5.10 Å². The Hall–Kier alpha value is -1.97. The number of aryl methyl sites for hydroxylation is 1. The van der Waals surface area contributed by atoms with Gasteiger partial charge in [-0.3, -0.25) is 4.79 Å². The van der Waals surface area contributed by atoms with E-state index >= 15 is 0 Å². The molecule has 1 N–H and O–H groups in total. The summed E-state index contributed by atoms with van der Waals surface area (Å²) < 4.78 is 13.0. The summed E-state index contributed by atoms with van der Waals surface area (Å²) in [6.07, 6.45) is 1.54. The van der Waals surface area contributed by atoms with Gasteiger partial charge in [0.25, 0.3) is 5.56 Å². The summed E-state index contributed by atoms with van der Waals surface area (Å²) in [6.45, 7) is 1.68. The van der Waals surface area contributed by atoms with Crippen LogP contribution in [-0.4, -0.2) is 10.2 Å². The van der Waals surface area contributed by atoms with Gasteiger partial charge >= 0.3 is 0 Å². The van der Waals surface area contributed by atoms with Crippen molar-refractivity contribution in [2.75, 3.05) is 0 Å². The number of aromatic amines is 1. The second-order valence-corrected chi connectivity index (χ2v) is 3.30. The zero-order chi connectivity index (χ0) is 10.8. The molecular weight excluding hydrogens is 195 g/mol. The second-order valence-electron chi connectivity index (χ2n) is 3.30. The summed E-state index contributed by atoms with van der Waals surface area (Å²) in [6, 6.07) is 6.12. The van der Waals surface area contributed by atoms with Crippen LogP contribution in [0.2, 0.25) is 0 Å². The van der Waals surface area contributed by atoms with Crippen LogP contribution in [0.25, 0.3) is 11.1 Å². The van der Waals surface area contributed by atoms with Crippen molar-refractivity contribution in [2.45, 2.75) is 6.92 Å². The highest BCUT2D eigenvalue weighted by Crippen LogP contribution is 2.19. The minimum absolute atomic E-state index is 0.253. The highest BCUT2D eigenvalue weighted by Gasteiger charge is 2.02. The summed E-state index contributed by atoms with van der Waals surface area (Å²) in [5.74, 6) is -0.253. The number of H-pyrrole nitrogens is 1. The topological polar surface area (TPSA) is 45.8 Å². The smallest absolute Gasteiger partial charge is 0.264 e. The molecule has 2 aromatic rings. The molecule has 1 heterocycles. The maximum Gasteiger partial charge on any atom is 0.264 e. The summed E-state index contributed by atoms with van der Waals surface area (Å²) in [7, 11) is 0. The molecule has 3 nitrogen and oxygen atoms in total. The Kier molecular flexibility index (Phi) is 2.33. The molecule has 0 saturated carbocycles. The molecule has 0 bridgehead atoms. The van der Waals surface area contributed by atoms with E-state index in [-0.39, 0.29) is 11.4 Å². The van der Waals surface area contributed by atoms with Crippen LogP contribution in [0.3, 0.4) is 0 Å². The molecule has 0 unspecified atom stereocenters. The molecule has 1 aromatic heterocycles. The van der Waals surface area contributed by atoms with Crippen molar-refractivity contribution in [3.8, 4) is 11.1 Å². The highest BCUT2D eigenvalue weighted by atomic mass is 19.1. The van der Waals surface area contributed by atoms with Crippen molar-refractivity contribution in [3.63, 3.8) is 0 Å². The Morgan fingerprint density at radius 2 is 2.07 bits per heavy atom. The largest absolute Gasteiger partial charge is 0.268 e. The van der Waals surface area contributed by atoms with Gasteiger partial charge in [0, 0.05) is 11.6 Å². The highest BCUT2D eigenvalue weighted by molar-refractivity contribution is 5.62. The van der Waals surface area contributed by atoms with Crippen molar-refractivity contribution in [2.24, 2.45) is 0 Å². The maximum absolute atomic E-state index is 13.0. The first-order valence-electron chi connectivity index (χ1n) is 4.48. The number of rotatable bonds is 1. The molecule has 0 aliphatic carbocycles. The number of aromatic nitrogens is 2. The number of nitrogens with one attached hydrogen (secondary N) is 1. The summed E-state index contributed by atoms with van der Waals surface area (Å²) >= 11 is 0. The number of benzene rings is 1. The van der Waals surface area contributed by atoms with Gasteiger partial charge < -0.3 is 0 Å². The van der Waals surface area contributed by atoms with E-state index in [4.69, 9.17) is 0 Å². The molecular formula is C11H9FN2O. The predicted octanol–water partition coefficient (Wildman–Crippen LogP) is 1.88. The third-order valence-electron chi connectivity index (χ3n) is 2.16. The number of hydrogen-bond acceptors (Lipinski definition) is 2. The standard InChI is InChI=1S/C11H9FN2O/c1-7-4-8(2-3-10(7)12)9-5-11(15)14-13-6-9/h2-6H,1H3,(H,14,15). The average molecular weight is 204 g/mol. The van der Waals surface area contributed by atoms with Gasteiger partial charge in [-0.05, 0) is 30.2 Å². The lowest BCUT2D eigenvalue weighted by atomic mass is 10.1. The molecule has 1 aromatic carbocycles. The van der Waals surface area contributed by atoms with Crippen molar-refractivity contribution < 1.29 is 4.39 Å². The van der Waals surface area contributed by atoms with Crippen LogP contribution in [0.4, 0.5) is 4.39 Å². The molecule has 0 atom stereocenters. The number of hydrogen-bond donors (Lipinski definition) is 1. The van der Waals surface area contributed by atoms with Crippen molar-refractivity contribution >= 4 is 0 Å². The Morgan fingerprint density at radius 3 is 2.73 bits per heavy atom. The van der Waals surface area contributed by atoms with Gasteiger partial charge in [-0.25, -0.2) is 9.49 Å². The van der Waals surface area contributed by atoms with Crippen molar-refractivity contribution in [3.05, 3.63) is 52.2 Å². The van der Waals surface area contributed by atoms with Crippen LogP contribution in [0, 0.1) is 12.7 Å². The molecule has 0 amide bonds. The van der Waals surface area contributed by atoms with E-state index in [0.717, 1.165) is 5.56 Å². The molecule has 0 radical (unpaired) electrons. The molecule has 0 spiro atoms. The summed E-state index contributed by atoms with van der Waals surface area (Å²) in [5, 5.41) is 5.97. The fraction of sp³-hybridized carbons (Fsp3) is 0.0909. The van der Waals surface area contributed by atoms with E-state index in [0.29, 0.717) is 11.1 Å². The third-order valence-corrected chi connectivity index (χ3v) is 2.16. The van der Waals surface area contributed by atoms with Crippen molar-refractivity contribution in [1.82, 2.24) is 10.2 Å². The van der Waals surface area contributed by atoms with E-state index in [1.807, 2.05) is 0 Å². The lowest BCUT2D eigenvalue weighted by Crippen LogP contribution is -2.05. The van der Waals surface area contributed by atoms with E-state index in [1.165, 1.54) is 18.3 Å². The van der Waals surface area contributed by atoms with Crippen LogP contribution in [0.15, 0.2) is 35.3 Å². The number of nitrogens with zero attached hydrogens (tertiary/aromatic N) is 1. The molecule has 15 heavy (non-hydrogen) atoms. The SMILES string of the molecule is Cc1cc(-c2cn[nH]c(=O)c2)ccc1F. The minimum atomic E-state index is -0.269. The molecule has 0 fully saturated rings. The first-order chi connectivity index (χ1) is 7.16. The molecule has 0 aliphatic rings. The quantitative estimate of drug-likeness (QED) is 0.770. The molecule has 2 rings (SSSR count). The average Bonchev–Trinajstić information content (AvgIpc) is 2.22. The van der Waals surface area contributed by atoms with Crippen molar-refractivity contribution in [1.29, 1.82) is 0 Å². The zero-order valence-corrected chi connectivity index (χ0v) is 8.12. The minimum Gasteiger partial charge on any atom is -0.268 e. The van der Waals surface area contributed by atoms with E-state index in [1.54, 1.807) is 19.1 Å². The normalized spacial score (nSPS) is 10.3. The van der Waals surface area contributed by atoms with E-state index in [9.17, 15) is 9.18 Å². The Balaban J connectivity index is 2.55. The Morgan fingerprint density at radius 1 is 1.27 bits per heavy atom. The van der Waals surface area contributed by atoms with Gasteiger partial charge in [-0.1, -0.05) is 6.07 Å². The van der Waals surface area contributed by atoms with Gasteiger partial charge in [0.15, 0.2) is 0 Å². The van der Waals surface area contributed by atoms with Crippen LogP contribution in [0.5, 0.6) is 0 Å². The molecule has 0 aliphatic heterocycles. The maximum atomic E-state index is 13.0. The van der Waals surface area contributed by atoms with Gasteiger partial charge in [-0.15, -0.1) is 0 Å². The molecule has 4 heteroatoms. The lowest BCUT2D eigenvalue weighted by molar-refractivity contribution is 0.619. The zero-order valence-electron chi connectivity index (χ0n) is 8.12. The van der Waals surface area contributed by atoms with Gasteiger partial charge in [0.2, 0.25) is 0 Å². The Labute approximate surface area is 85.6 Å². The summed E-state index contributed by atoms with van der Waals surface area (Å²) in [5.41, 5.74) is 1.75. The van der Waals surface area contributed by atoms with Crippen LogP contribution in [-0.2, 0) is 0 Å². The van der Waals surface area contributed by atoms with Gasteiger partial charge in [0.05, 0.1) is 6.20 Å². The first-order valence-corrected chi connectivity index (χ1v) is 4.48.